The highest BCUT2D eigenvalue weighted by atomic mass is 35.5. The lowest BCUT2D eigenvalue weighted by Gasteiger charge is -2.39. The molecule has 1 atom stereocenters. The van der Waals surface area contributed by atoms with Gasteiger partial charge in [0.05, 0.1) is 17.3 Å². The predicted octanol–water partition coefficient (Wildman–Crippen LogP) is 4.11. The maximum absolute atomic E-state index is 13.1. The van der Waals surface area contributed by atoms with Gasteiger partial charge in [-0.3, -0.25) is 9.69 Å². The molecule has 1 heterocycles. The average molecular weight is 475 g/mol. The number of urea groups is 1. The molecule has 9 heteroatoms. The second kappa shape index (κ2) is 11.2. The highest BCUT2D eigenvalue weighted by Gasteiger charge is 2.26. The van der Waals surface area contributed by atoms with Crippen molar-refractivity contribution in [2.24, 2.45) is 5.73 Å². The molecule has 1 unspecified atom stereocenters. The summed E-state index contributed by atoms with van der Waals surface area (Å²) in [5.41, 5.74) is 7.23. The van der Waals surface area contributed by atoms with Crippen molar-refractivity contribution in [3.05, 3.63) is 64.4 Å². The molecule has 1 saturated heterocycles. The van der Waals surface area contributed by atoms with Crippen LogP contribution in [0.15, 0.2) is 42.5 Å². The van der Waals surface area contributed by atoms with Crippen molar-refractivity contribution in [1.82, 2.24) is 9.80 Å². The summed E-state index contributed by atoms with van der Waals surface area (Å²) in [5, 5.41) is 2.85. The topological polar surface area (TPSA) is 87.9 Å². The summed E-state index contributed by atoms with van der Waals surface area (Å²) in [5.74, 6) is 0.0588. The van der Waals surface area contributed by atoms with Crippen molar-refractivity contribution < 1.29 is 18.7 Å². The van der Waals surface area contributed by atoms with Gasteiger partial charge in [0.2, 0.25) is 5.91 Å². The van der Waals surface area contributed by atoms with Gasteiger partial charge in [-0.15, -0.1) is 0 Å². The van der Waals surface area contributed by atoms with Crippen molar-refractivity contribution in [2.45, 2.75) is 26.4 Å². The first kappa shape index (κ1) is 24.5. The Morgan fingerprint density at radius 3 is 2.64 bits per heavy atom. The minimum Gasteiger partial charge on any atom is -0.492 e. The van der Waals surface area contributed by atoms with E-state index in [1.807, 2.05) is 13.8 Å². The number of rotatable bonds is 7. The van der Waals surface area contributed by atoms with E-state index in [2.05, 4.69) is 10.2 Å². The molecule has 0 saturated carbocycles. The van der Waals surface area contributed by atoms with Crippen molar-refractivity contribution >= 4 is 35.3 Å². The fraction of sp³-hybridized carbons (Fsp3) is 0.333. The van der Waals surface area contributed by atoms with E-state index in [9.17, 15) is 14.0 Å². The number of nitrogens with zero attached hydrogens (tertiary/aromatic N) is 2. The van der Waals surface area contributed by atoms with Crippen LogP contribution >= 0.6 is 11.6 Å². The molecule has 7 nitrogen and oxygen atoms in total. The molecule has 1 aliphatic rings. The number of carbonyl (C=O) groups is 2. The molecule has 1 fully saturated rings. The molecular weight excluding hydrogens is 447 g/mol. The molecule has 176 valence electrons. The lowest BCUT2D eigenvalue weighted by Crippen LogP contribution is -2.53. The van der Waals surface area contributed by atoms with Crippen molar-refractivity contribution in [3.63, 3.8) is 0 Å². The van der Waals surface area contributed by atoms with Crippen LogP contribution in [-0.4, -0.2) is 54.0 Å². The highest BCUT2D eigenvalue weighted by molar-refractivity contribution is 6.32. The number of anilines is 1. The Hall–Kier alpha value is -3.10. The van der Waals surface area contributed by atoms with Gasteiger partial charge in [-0.25, -0.2) is 9.18 Å². The summed E-state index contributed by atoms with van der Waals surface area (Å²) in [6, 6.07) is 8.94. The number of amides is 3. The third-order valence-corrected chi connectivity index (χ3v) is 5.68. The van der Waals surface area contributed by atoms with Crippen LogP contribution in [-0.2, 0) is 11.3 Å². The Morgan fingerprint density at radius 2 is 2.00 bits per heavy atom. The van der Waals surface area contributed by atoms with Crippen LogP contribution in [0, 0.1) is 5.82 Å². The Balaban J connectivity index is 1.68. The number of carbonyl (C=O) groups excluding carboxylic acids is 2. The fourth-order valence-electron chi connectivity index (χ4n) is 3.82. The van der Waals surface area contributed by atoms with E-state index in [0.29, 0.717) is 54.8 Å². The molecule has 2 aromatic carbocycles. The van der Waals surface area contributed by atoms with E-state index < -0.39 is 6.03 Å². The van der Waals surface area contributed by atoms with E-state index in [1.54, 1.807) is 29.2 Å². The maximum atomic E-state index is 13.1. The molecule has 2 aromatic rings. The van der Waals surface area contributed by atoms with Gasteiger partial charge < -0.3 is 20.7 Å². The van der Waals surface area contributed by atoms with Gasteiger partial charge in [-0.1, -0.05) is 23.7 Å². The maximum Gasteiger partial charge on any atom is 0.316 e. The van der Waals surface area contributed by atoms with E-state index in [4.69, 9.17) is 22.1 Å². The van der Waals surface area contributed by atoms with Crippen LogP contribution in [0.5, 0.6) is 5.75 Å². The summed E-state index contributed by atoms with van der Waals surface area (Å²) < 4.78 is 18.6. The quantitative estimate of drug-likeness (QED) is 0.591. The standard InChI is InChI=1S/C24H28ClFN4O3/c1-3-33-22-12-18(21(13-20(22)25)28-24(27)32)6-9-23(31)30-11-10-29(14-16(30)2)15-17-4-7-19(26)8-5-17/h4-9,12-13,16H,3,10-11,14-15H2,1-2H3,(H3,27,28,32). The Bertz CT molecular complexity index is 1030. The molecule has 0 aromatic heterocycles. The Morgan fingerprint density at radius 1 is 1.27 bits per heavy atom. The predicted molar refractivity (Wildman–Crippen MR) is 128 cm³/mol. The van der Waals surface area contributed by atoms with Gasteiger partial charge in [-0.2, -0.15) is 0 Å². The number of ether oxygens (including phenoxy) is 1. The lowest BCUT2D eigenvalue weighted by atomic mass is 10.1. The molecule has 0 spiro atoms. The zero-order valence-corrected chi connectivity index (χ0v) is 19.4. The number of hydrogen-bond donors (Lipinski definition) is 2. The van der Waals surface area contributed by atoms with Crippen LogP contribution in [0.4, 0.5) is 14.9 Å². The van der Waals surface area contributed by atoms with E-state index in [-0.39, 0.29) is 17.8 Å². The second-order valence-corrected chi connectivity index (χ2v) is 8.27. The van der Waals surface area contributed by atoms with Gasteiger partial charge in [0.1, 0.15) is 11.6 Å². The first-order chi connectivity index (χ1) is 15.8. The van der Waals surface area contributed by atoms with Gasteiger partial charge in [0, 0.05) is 43.9 Å². The van der Waals surface area contributed by atoms with Crippen LogP contribution < -0.4 is 15.8 Å². The van der Waals surface area contributed by atoms with Crippen molar-refractivity contribution in [1.29, 1.82) is 0 Å². The van der Waals surface area contributed by atoms with Crippen LogP contribution in [0.25, 0.3) is 6.08 Å². The number of halogens is 2. The third kappa shape index (κ3) is 6.69. The molecule has 0 aliphatic carbocycles. The smallest absolute Gasteiger partial charge is 0.316 e. The minimum atomic E-state index is -0.734. The van der Waals surface area contributed by atoms with Crippen LogP contribution in [0.2, 0.25) is 5.02 Å². The fourth-order valence-corrected chi connectivity index (χ4v) is 4.04. The zero-order valence-electron chi connectivity index (χ0n) is 18.7. The molecular formula is C24H28ClFN4O3. The summed E-state index contributed by atoms with van der Waals surface area (Å²) in [6.45, 7) is 6.95. The summed E-state index contributed by atoms with van der Waals surface area (Å²) >= 11 is 6.21. The summed E-state index contributed by atoms with van der Waals surface area (Å²) in [7, 11) is 0. The van der Waals surface area contributed by atoms with Crippen molar-refractivity contribution in [3.8, 4) is 5.75 Å². The van der Waals surface area contributed by atoms with Crippen LogP contribution in [0.3, 0.4) is 0 Å². The van der Waals surface area contributed by atoms with Crippen molar-refractivity contribution in [2.75, 3.05) is 31.6 Å². The summed E-state index contributed by atoms with van der Waals surface area (Å²) in [6.07, 6.45) is 3.08. The van der Waals surface area contributed by atoms with Gasteiger partial charge >= 0.3 is 6.03 Å². The highest BCUT2D eigenvalue weighted by Crippen LogP contribution is 2.32. The van der Waals surface area contributed by atoms with E-state index in [0.717, 1.165) is 5.56 Å². The lowest BCUT2D eigenvalue weighted by molar-refractivity contribution is -0.130. The Labute approximate surface area is 197 Å². The van der Waals surface area contributed by atoms with Gasteiger partial charge in [-0.05, 0) is 49.8 Å². The Kier molecular flexibility index (Phi) is 8.30. The first-order valence-electron chi connectivity index (χ1n) is 10.7. The first-order valence-corrected chi connectivity index (χ1v) is 11.1. The molecule has 3 N–H and O–H groups in total. The number of nitrogens with one attached hydrogen (secondary N) is 1. The normalized spacial score (nSPS) is 16.7. The number of benzene rings is 2. The molecule has 3 rings (SSSR count). The second-order valence-electron chi connectivity index (χ2n) is 7.87. The molecule has 3 amide bonds. The number of primary amides is 1. The van der Waals surface area contributed by atoms with Gasteiger partial charge in [0.15, 0.2) is 0 Å². The van der Waals surface area contributed by atoms with E-state index in [1.165, 1.54) is 24.3 Å². The van der Waals surface area contributed by atoms with E-state index >= 15 is 0 Å². The molecule has 0 bridgehead atoms. The SMILES string of the molecule is CCOc1cc(C=CC(=O)N2CCN(Cc3ccc(F)cc3)CC2C)c(NC(N)=O)cc1Cl. The third-order valence-electron chi connectivity index (χ3n) is 5.38. The van der Waals surface area contributed by atoms with Crippen LogP contribution in [0.1, 0.15) is 25.0 Å². The average Bonchev–Trinajstić information content (AvgIpc) is 2.76. The molecule has 33 heavy (non-hydrogen) atoms. The minimum absolute atomic E-state index is 0.00349. The molecule has 1 aliphatic heterocycles. The number of nitrogens with two attached hydrogens (primary N) is 1. The summed E-state index contributed by atoms with van der Waals surface area (Å²) in [4.78, 5) is 28.3. The zero-order chi connectivity index (χ0) is 24.0. The monoisotopic (exact) mass is 474 g/mol. The number of hydrogen-bond acceptors (Lipinski definition) is 4. The van der Waals surface area contributed by atoms with Gasteiger partial charge in [0.25, 0.3) is 0 Å². The largest absolute Gasteiger partial charge is 0.492 e. The molecule has 0 radical (unpaired) electrons. The number of piperazine rings is 1.